The molecule has 4 nitrogen and oxygen atoms in total. The Bertz CT molecular complexity index is 1600. The van der Waals surface area contributed by atoms with Crippen LogP contribution in [0, 0.1) is 3.57 Å². The second-order valence-corrected chi connectivity index (χ2v) is 12.9. The van der Waals surface area contributed by atoms with Crippen molar-refractivity contribution in [3.63, 3.8) is 0 Å². The monoisotopic (exact) mass is 756 g/mol. The molecule has 0 spiro atoms. The highest BCUT2D eigenvalue weighted by Gasteiger charge is 2.35. The van der Waals surface area contributed by atoms with Crippen LogP contribution >= 0.6 is 61.9 Å². The number of aliphatic imine (C=N–C) groups is 1. The molecule has 4 aromatic rings. The van der Waals surface area contributed by atoms with Gasteiger partial charge >= 0.3 is 0 Å². The molecule has 0 saturated carbocycles. The van der Waals surface area contributed by atoms with Gasteiger partial charge in [-0.15, -0.1) is 0 Å². The van der Waals surface area contributed by atoms with Gasteiger partial charge in [0, 0.05) is 3.57 Å². The zero-order valence-corrected chi connectivity index (χ0v) is 27.9. The molecular formula is C33H27BrClIN2O2S. The molecule has 1 fully saturated rings. The molecule has 0 bridgehead atoms. The van der Waals surface area contributed by atoms with Crippen molar-refractivity contribution in [2.45, 2.75) is 33.3 Å². The molecule has 0 unspecified atom stereocenters. The van der Waals surface area contributed by atoms with E-state index in [1.807, 2.05) is 66.7 Å². The Kier molecular flexibility index (Phi) is 9.91. The van der Waals surface area contributed by atoms with Crippen LogP contribution in [0.2, 0.25) is 5.02 Å². The molecule has 8 heteroatoms. The highest BCUT2D eigenvalue weighted by molar-refractivity contribution is 14.1. The Balaban J connectivity index is 1.44. The number of carbonyl (C=O) groups is 1. The van der Waals surface area contributed by atoms with Gasteiger partial charge in [0.05, 0.1) is 25.8 Å². The van der Waals surface area contributed by atoms with E-state index in [2.05, 4.69) is 76.6 Å². The summed E-state index contributed by atoms with van der Waals surface area (Å²) in [4.78, 5) is 20.9. The van der Waals surface area contributed by atoms with Crippen LogP contribution in [-0.4, -0.2) is 11.1 Å². The van der Waals surface area contributed by atoms with Gasteiger partial charge in [-0.25, -0.2) is 4.99 Å². The third-order valence-corrected chi connectivity index (χ3v) is 9.15. The Morgan fingerprint density at radius 2 is 1.54 bits per heavy atom. The SMILES string of the molecule is CCc1ccc(N=C2S/C(=C\c3cc(Cl)c(OCc4ccc(I)cc4)c(Br)c3)C(=O)N2c2ccc(CC)cc2)cc1. The van der Waals surface area contributed by atoms with E-state index in [1.54, 1.807) is 4.90 Å². The van der Waals surface area contributed by atoms with Crippen molar-refractivity contribution in [1.29, 1.82) is 0 Å². The second-order valence-electron chi connectivity index (χ2n) is 9.41. The molecule has 0 aliphatic carbocycles. The quantitative estimate of drug-likeness (QED) is 0.133. The molecule has 4 aromatic carbocycles. The Labute approximate surface area is 272 Å². The predicted molar refractivity (Wildman–Crippen MR) is 184 cm³/mol. The molecule has 0 atom stereocenters. The molecule has 1 aliphatic rings. The first-order chi connectivity index (χ1) is 19.8. The molecule has 0 N–H and O–H groups in total. The maximum absolute atomic E-state index is 13.8. The highest BCUT2D eigenvalue weighted by Crippen LogP contribution is 2.40. The molecular weight excluding hydrogens is 731 g/mol. The molecule has 41 heavy (non-hydrogen) atoms. The average molecular weight is 758 g/mol. The largest absolute Gasteiger partial charge is 0.486 e. The number of carbonyl (C=O) groups excluding carboxylic acids is 1. The smallest absolute Gasteiger partial charge is 0.271 e. The number of benzene rings is 4. The maximum Gasteiger partial charge on any atom is 0.271 e. The Morgan fingerprint density at radius 1 is 0.927 bits per heavy atom. The second kappa shape index (κ2) is 13.6. The van der Waals surface area contributed by atoms with Gasteiger partial charge in [0.2, 0.25) is 0 Å². The van der Waals surface area contributed by atoms with Crippen molar-refractivity contribution in [1.82, 2.24) is 0 Å². The van der Waals surface area contributed by atoms with Gasteiger partial charge in [0.15, 0.2) is 10.9 Å². The predicted octanol–water partition coefficient (Wildman–Crippen LogP) is 10.2. The van der Waals surface area contributed by atoms with E-state index >= 15 is 0 Å². The molecule has 208 valence electrons. The molecule has 1 saturated heterocycles. The van der Waals surface area contributed by atoms with Crippen molar-refractivity contribution < 1.29 is 9.53 Å². The summed E-state index contributed by atoms with van der Waals surface area (Å²) in [6, 6.07) is 28.0. The first-order valence-corrected chi connectivity index (χ1v) is 16.3. The number of amidine groups is 1. The van der Waals surface area contributed by atoms with Gasteiger partial charge in [0.1, 0.15) is 6.61 Å². The third-order valence-electron chi connectivity index (χ3n) is 6.59. The number of amides is 1. The Morgan fingerprint density at radius 3 is 2.15 bits per heavy atom. The number of hydrogen-bond acceptors (Lipinski definition) is 4. The van der Waals surface area contributed by atoms with Crippen molar-refractivity contribution in [3.8, 4) is 5.75 Å². The zero-order chi connectivity index (χ0) is 28.9. The third kappa shape index (κ3) is 7.25. The number of anilines is 1. The minimum absolute atomic E-state index is 0.130. The van der Waals surface area contributed by atoms with Gasteiger partial charge in [0.25, 0.3) is 5.91 Å². The summed E-state index contributed by atoms with van der Waals surface area (Å²) in [7, 11) is 0. The minimum atomic E-state index is -0.130. The van der Waals surface area contributed by atoms with Gasteiger partial charge in [-0.1, -0.05) is 61.8 Å². The summed E-state index contributed by atoms with van der Waals surface area (Å²) in [6.07, 6.45) is 3.74. The molecule has 0 radical (unpaired) electrons. The van der Waals surface area contributed by atoms with Crippen molar-refractivity contribution in [3.05, 3.63) is 125 Å². The van der Waals surface area contributed by atoms with Crippen LogP contribution in [0.5, 0.6) is 5.75 Å². The van der Waals surface area contributed by atoms with Crippen molar-refractivity contribution in [2.75, 3.05) is 4.90 Å². The molecule has 1 amide bonds. The normalized spacial score (nSPS) is 15.2. The number of nitrogens with zero attached hydrogens (tertiary/aromatic N) is 2. The van der Waals surface area contributed by atoms with Crippen LogP contribution < -0.4 is 9.64 Å². The average Bonchev–Trinajstić information content (AvgIpc) is 3.27. The standard InChI is InChI=1S/C33H27BrClIN2O2S/c1-3-21-7-13-26(14-8-21)37-33-38(27-15-9-22(4-2)10-16-27)32(39)30(41-33)19-24-17-28(34)31(29(35)18-24)40-20-23-5-11-25(36)12-6-23/h5-19H,3-4,20H2,1-2H3/b30-19-,37-33?. The number of halogens is 3. The summed E-state index contributed by atoms with van der Waals surface area (Å²) in [5.74, 6) is 0.433. The number of thioether (sulfide) groups is 1. The summed E-state index contributed by atoms with van der Waals surface area (Å²) >= 11 is 13.9. The lowest BCUT2D eigenvalue weighted by atomic mass is 10.1. The van der Waals surface area contributed by atoms with E-state index in [0.717, 1.165) is 39.8 Å². The summed E-state index contributed by atoms with van der Waals surface area (Å²) in [5.41, 5.74) is 5.87. The molecule has 1 aliphatic heterocycles. The fourth-order valence-corrected chi connectivity index (χ4v) is 6.61. The van der Waals surface area contributed by atoms with Crippen LogP contribution in [0.25, 0.3) is 6.08 Å². The van der Waals surface area contributed by atoms with E-state index in [1.165, 1.54) is 26.5 Å². The van der Waals surface area contributed by atoms with Crippen LogP contribution in [0.4, 0.5) is 11.4 Å². The number of hydrogen-bond donors (Lipinski definition) is 0. The molecule has 1 heterocycles. The van der Waals surface area contributed by atoms with Crippen LogP contribution in [0.3, 0.4) is 0 Å². The van der Waals surface area contributed by atoms with Crippen LogP contribution in [-0.2, 0) is 24.2 Å². The van der Waals surface area contributed by atoms with E-state index in [9.17, 15) is 4.79 Å². The zero-order valence-electron chi connectivity index (χ0n) is 22.5. The Hall–Kier alpha value is -2.59. The van der Waals surface area contributed by atoms with Crippen LogP contribution in [0.15, 0.2) is 99.3 Å². The number of aryl methyl sites for hydroxylation is 2. The maximum atomic E-state index is 13.8. The fourth-order valence-electron chi connectivity index (χ4n) is 4.26. The lowest BCUT2D eigenvalue weighted by Crippen LogP contribution is -2.28. The number of rotatable bonds is 8. The van der Waals surface area contributed by atoms with E-state index in [-0.39, 0.29) is 5.91 Å². The topological polar surface area (TPSA) is 41.9 Å². The first kappa shape index (κ1) is 29.9. The summed E-state index contributed by atoms with van der Waals surface area (Å²) in [5, 5.41) is 1.07. The first-order valence-electron chi connectivity index (χ1n) is 13.2. The van der Waals surface area contributed by atoms with Gasteiger partial charge in [-0.05, 0) is 140 Å². The molecule has 5 rings (SSSR count). The lowest BCUT2D eigenvalue weighted by Gasteiger charge is -2.16. The van der Waals surface area contributed by atoms with E-state index in [4.69, 9.17) is 21.3 Å². The van der Waals surface area contributed by atoms with Crippen LogP contribution in [0.1, 0.15) is 36.1 Å². The summed E-state index contributed by atoms with van der Waals surface area (Å²) < 4.78 is 7.92. The van der Waals surface area contributed by atoms with E-state index < -0.39 is 0 Å². The van der Waals surface area contributed by atoms with Crippen molar-refractivity contribution in [2.24, 2.45) is 4.99 Å². The fraction of sp³-hybridized carbons (Fsp3) is 0.152. The minimum Gasteiger partial charge on any atom is -0.486 e. The highest BCUT2D eigenvalue weighted by atomic mass is 127. The summed E-state index contributed by atoms with van der Waals surface area (Å²) in [6.45, 7) is 4.63. The van der Waals surface area contributed by atoms with Crippen molar-refractivity contribution >= 4 is 90.4 Å². The lowest BCUT2D eigenvalue weighted by molar-refractivity contribution is -0.113. The van der Waals surface area contributed by atoms with Gasteiger partial charge in [-0.2, -0.15) is 0 Å². The molecule has 0 aromatic heterocycles. The van der Waals surface area contributed by atoms with E-state index in [0.29, 0.717) is 27.5 Å². The number of ether oxygens (including phenoxy) is 1. The van der Waals surface area contributed by atoms with Gasteiger partial charge in [-0.3, -0.25) is 9.69 Å². The van der Waals surface area contributed by atoms with Gasteiger partial charge < -0.3 is 4.74 Å².